The summed E-state index contributed by atoms with van der Waals surface area (Å²) in [6.07, 6.45) is 8.78. The highest BCUT2D eigenvalue weighted by atomic mass is 16.4. The zero-order valence-corrected chi connectivity index (χ0v) is 14.5. The molecule has 0 aliphatic rings. The van der Waals surface area contributed by atoms with Gasteiger partial charge < -0.3 is 20.8 Å². The number of carbonyl (C=O) groups is 2. The van der Waals surface area contributed by atoms with Crippen LogP contribution in [0.15, 0.2) is 4.99 Å². The Hall–Kier alpha value is -1.63. The standard InChI is InChI=1S/C17H33N3O4/c1-14(21)11-9-7-5-3-4-6-8-10-12-15(22)19-17(18)20(2)13-16(23)24/h14,21H,3-13H2,1-2H3,(H,23,24)(H2,18,19,22)/i2D3. The highest BCUT2D eigenvalue weighted by Gasteiger charge is 2.08. The number of nitrogens with zero attached hydrogens (tertiary/aromatic N) is 2. The van der Waals surface area contributed by atoms with Gasteiger partial charge in [0.05, 0.1) is 6.10 Å². The van der Waals surface area contributed by atoms with Gasteiger partial charge in [0, 0.05) is 17.5 Å². The maximum atomic E-state index is 11.8. The normalized spacial score (nSPS) is 15.2. The summed E-state index contributed by atoms with van der Waals surface area (Å²) in [6.45, 7) is -1.83. The molecule has 7 heteroatoms. The van der Waals surface area contributed by atoms with Gasteiger partial charge in [-0.15, -0.1) is 0 Å². The van der Waals surface area contributed by atoms with Gasteiger partial charge in [-0.3, -0.25) is 9.59 Å². The molecule has 0 fully saturated rings. The molecule has 0 saturated carbocycles. The molecule has 1 atom stereocenters. The number of hydrogen-bond acceptors (Lipinski definition) is 3. The lowest BCUT2D eigenvalue weighted by Gasteiger charge is -2.14. The van der Waals surface area contributed by atoms with Gasteiger partial charge in [-0.25, -0.2) is 0 Å². The van der Waals surface area contributed by atoms with E-state index in [1.165, 1.54) is 0 Å². The van der Waals surface area contributed by atoms with Crippen molar-refractivity contribution in [3.05, 3.63) is 0 Å². The predicted octanol–water partition coefficient (Wildman–Crippen LogP) is 2.13. The fourth-order valence-corrected chi connectivity index (χ4v) is 2.24. The topological polar surface area (TPSA) is 116 Å². The summed E-state index contributed by atoms with van der Waals surface area (Å²) in [6, 6.07) is 0. The van der Waals surface area contributed by atoms with Crippen LogP contribution >= 0.6 is 0 Å². The first-order valence-electron chi connectivity index (χ1n) is 10.1. The average molecular weight is 346 g/mol. The van der Waals surface area contributed by atoms with Crippen LogP contribution in [-0.2, 0) is 9.59 Å². The lowest BCUT2D eigenvalue weighted by Crippen LogP contribution is -2.38. The highest BCUT2D eigenvalue weighted by molar-refractivity contribution is 5.93. The Bertz CT molecular complexity index is 483. The number of guanidine groups is 1. The molecule has 1 unspecified atom stereocenters. The van der Waals surface area contributed by atoms with Gasteiger partial charge in [-0.1, -0.05) is 44.9 Å². The van der Waals surface area contributed by atoms with Crippen molar-refractivity contribution in [2.45, 2.75) is 77.2 Å². The van der Waals surface area contributed by atoms with Crippen molar-refractivity contribution < 1.29 is 23.9 Å². The van der Waals surface area contributed by atoms with Gasteiger partial charge in [0.15, 0.2) is 5.96 Å². The molecule has 1 amide bonds. The Morgan fingerprint density at radius 2 is 1.67 bits per heavy atom. The van der Waals surface area contributed by atoms with Crippen molar-refractivity contribution in [3.63, 3.8) is 0 Å². The maximum absolute atomic E-state index is 11.8. The van der Waals surface area contributed by atoms with E-state index in [1.54, 1.807) is 6.92 Å². The number of rotatable bonds is 13. The smallest absolute Gasteiger partial charge is 0.323 e. The average Bonchev–Trinajstić information content (AvgIpc) is 2.52. The molecule has 140 valence electrons. The summed E-state index contributed by atoms with van der Waals surface area (Å²) in [5.74, 6) is -2.52. The first-order valence-corrected chi connectivity index (χ1v) is 8.58. The minimum atomic E-state index is -2.78. The van der Waals surface area contributed by atoms with Crippen molar-refractivity contribution in [3.8, 4) is 0 Å². The van der Waals surface area contributed by atoms with Gasteiger partial charge in [0.2, 0.25) is 5.91 Å². The van der Waals surface area contributed by atoms with Gasteiger partial charge >= 0.3 is 5.97 Å². The Morgan fingerprint density at radius 3 is 2.17 bits per heavy atom. The lowest BCUT2D eigenvalue weighted by atomic mass is 10.1. The summed E-state index contributed by atoms with van der Waals surface area (Å²) in [4.78, 5) is 26.5. The van der Waals surface area contributed by atoms with Crippen molar-refractivity contribution >= 4 is 17.8 Å². The second-order valence-corrected chi connectivity index (χ2v) is 6.06. The van der Waals surface area contributed by atoms with Gasteiger partial charge in [-0.2, -0.15) is 4.99 Å². The molecule has 4 N–H and O–H groups in total. The van der Waals surface area contributed by atoms with E-state index in [0.717, 1.165) is 51.4 Å². The Kier molecular flexibility index (Phi) is 9.87. The fourth-order valence-electron chi connectivity index (χ4n) is 2.24. The fraction of sp³-hybridized carbons (Fsp3) is 0.824. The van der Waals surface area contributed by atoms with Crippen LogP contribution in [0, 0.1) is 0 Å². The Labute approximate surface area is 149 Å². The van der Waals surface area contributed by atoms with E-state index in [0.29, 0.717) is 11.3 Å². The summed E-state index contributed by atoms with van der Waals surface area (Å²) in [5.41, 5.74) is 5.50. The third-order valence-electron chi connectivity index (χ3n) is 3.57. The number of aliphatic hydroxyl groups is 1. The van der Waals surface area contributed by atoms with Gasteiger partial charge in [0.1, 0.15) is 6.54 Å². The summed E-state index contributed by atoms with van der Waals surface area (Å²) < 4.78 is 21.8. The Balaban J connectivity index is 4.00. The molecule has 0 aliphatic heterocycles. The third-order valence-corrected chi connectivity index (χ3v) is 3.57. The molecule has 0 saturated heterocycles. The summed E-state index contributed by atoms with van der Waals surface area (Å²) in [7, 11) is 0. The molecule has 7 nitrogen and oxygen atoms in total. The van der Waals surface area contributed by atoms with Crippen LogP contribution in [-0.4, -0.2) is 52.6 Å². The van der Waals surface area contributed by atoms with E-state index in [-0.39, 0.29) is 12.5 Å². The number of nitrogens with two attached hydrogens (primary N) is 1. The van der Waals surface area contributed by atoms with E-state index in [1.807, 2.05) is 0 Å². The zero-order chi connectivity index (χ0) is 20.9. The molecular weight excluding hydrogens is 310 g/mol. The zero-order valence-electron chi connectivity index (χ0n) is 17.5. The summed E-state index contributed by atoms with van der Waals surface area (Å²) >= 11 is 0. The van der Waals surface area contributed by atoms with Crippen molar-refractivity contribution in [1.82, 2.24) is 4.90 Å². The van der Waals surface area contributed by atoms with E-state index in [4.69, 9.17) is 20.1 Å². The molecule has 0 aromatic rings. The number of unbranched alkanes of at least 4 members (excludes halogenated alkanes) is 7. The van der Waals surface area contributed by atoms with Gasteiger partial charge in [0.25, 0.3) is 0 Å². The number of hydrogen-bond donors (Lipinski definition) is 3. The first kappa shape index (κ1) is 17.2. The van der Waals surface area contributed by atoms with E-state index in [2.05, 4.69) is 4.99 Å². The molecule has 0 aliphatic carbocycles. The van der Waals surface area contributed by atoms with E-state index < -0.39 is 31.4 Å². The van der Waals surface area contributed by atoms with Crippen molar-refractivity contribution in [1.29, 1.82) is 0 Å². The van der Waals surface area contributed by atoms with Crippen molar-refractivity contribution in [2.75, 3.05) is 13.5 Å². The van der Waals surface area contributed by atoms with Crippen LogP contribution in [0.3, 0.4) is 0 Å². The molecular formula is C17H33N3O4. The van der Waals surface area contributed by atoms with Crippen LogP contribution < -0.4 is 5.73 Å². The monoisotopic (exact) mass is 346 g/mol. The number of carboxylic acid groups (broad SMARTS) is 1. The summed E-state index contributed by atoms with van der Waals surface area (Å²) in [5, 5.41) is 17.9. The molecule has 24 heavy (non-hydrogen) atoms. The number of aliphatic carboxylic acids is 1. The third kappa shape index (κ3) is 14.0. The molecule has 0 radical (unpaired) electrons. The number of carbonyl (C=O) groups excluding carboxylic acids is 1. The molecule has 0 spiro atoms. The Morgan fingerprint density at radius 1 is 1.12 bits per heavy atom. The number of aliphatic imine (C=N–C) groups is 1. The second-order valence-electron chi connectivity index (χ2n) is 6.06. The number of amides is 1. The molecule has 0 bridgehead atoms. The molecule has 0 aromatic carbocycles. The minimum Gasteiger partial charge on any atom is -0.480 e. The predicted molar refractivity (Wildman–Crippen MR) is 94.7 cm³/mol. The molecule has 0 heterocycles. The van der Waals surface area contributed by atoms with Crippen molar-refractivity contribution in [2.24, 2.45) is 10.7 Å². The quantitative estimate of drug-likeness (QED) is 0.267. The molecule has 0 rings (SSSR count). The number of likely N-dealkylation sites (N-methyl/N-ethyl adjacent to an activating group) is 1. The van der Waals surface area contributed by atoms with E-state index >= 15 is 0 Å². The highest BCUT2D eigenvalue weighted by Crippen LogP contribution is 2.11. The number of carboxylic acids is 1. The SMILES string of the molecule is [2H]C([2H])([2H])N(CC(=O)O)C(N)=NC(=O)CCCCCCCCCCC(C)O. The molecule has 0 aromatic heterocycles. The van der Waals surface area contributed by atoms with Gasteiger partial charge in [-0.05, 0) is 19.8 Å². The number of aliphatic hydroxyl groups excluding tert-OH is 1. The largest absolute Gasteiger partial charge is 0.480 e. The lowest BCUT2D eigenvalue weighted by molar-refractivity contribution is -0.137. The van der Waals surface area contributed by atoms with Crippen LogP contribution in [0.4, 0.5) is 0 Å². The van der Waals surface area contributed by atoms with E-state index in [9.17, 15) is 9.59 Å². The second kappa shape index (κ2) is 13.8. The first-order chi connectivity index (χ1) is 12.5. The van der Waals surface area contributed by atoms with Crippen LogP contribution in [0.5, 0.6) is 0 Å². The van der Waals surface area contributed by atoms with Crippen LogP contribution in [0.25, 0.3) is 0 Å². The van der Waals surface area contributed by atoms with Crippen LogP contribution in [0.2, 0.25) is 0 Å². The van der Waals surface area contributed by atoms with Crippen LogP contribution in [0.1, 0.15) is 75.2 Å². The minimum absolute atomic E-state index is 0.150. The maximum Gasteiger partial charge on any atom is 0.323 e.